The van der Waals surface area contributed by atoms with Crippen LogP contribution in [0.4, 0.5) is 0 Å². The fraction of sp³-hybridized carbons (Fsp3) is 0.724. The van der Waals surface area contributed by atoms with Crippen LogP contribution in [0.1, 0.15) is 57.3 Å². The Morgan fingerprint density at radius 2 is 1.70 bits per heavy atom. The number of rotatable bonds is 15. The predicted octanol–water partition coefficient (Wildman–Crippen LogP) is 3.69. The second-order valence-electron chi connectivity index (χ2n) is 11.2. The summed E-state index contributed by atoms with van der Waals surface area (Å²) in [6.45, 7) is 13.5. The summed E-state index contributed by atoms with van der Waals surface area (Å²) in [4.78, 5) is 30.7. The molecular weight excluding hydrogens is 470 g/mol. The van der Waals surface area contributed by atoms with Gasteiger partial charge in [0.25, 0.3) is 5.91 Å². The van der Waals surface area contributed by atoms with E-state index in [0.717, 1.165) is 45.4 Å². The van der Waals surface area contributed by atoms with Crippen molar-refractivity contribution in [2.75, 3.05) is 60.2 Å². The van der Waals surface area contributed by atoms with Crippen molar-refractivity contribution in [3.8, 4) is 11.5 Å². The van der Waals surface area contributed by atoms with Crippen LogP contribution in [0, 0.1) is 23.7 Å². The minimum atomic E-state index is -0.0156. The summed E-state index contributed by atoms with van der Waals surface area (Å²) in [6, 6.07) is 5.43. The van der Waals surface area contributed by atoms with E-state index in [2.05, 4.69) is 37.9 Å². The molecule has 0 unspecified atom stereocenters. The van der Waals surface area contributed by atoms with E-state index in [-0.39, 0.29) is 23.8 Å². The molecule has 1 N–H and O–H groups in total. The van der Waals surface area contributed by atoms with Crippen molar-refractivity contribution >= 4 is 11.8 Å². The van der Waals surface area contributed by atoms with Gasteiger partial charge in [-0.3, -0.25) is 9.59 Å². The maximum absolute atomic E-state index is 13.7. The molecule has 1 aliphatic carbocycles. The van der Waals surface area contributed by atoms with Crippen LogP contribution in [0.25, 0.3) is 0 Å². The van der Waals surface area contributed by atoms with E-state index < -0.39 is 0 Å². The Hall–Kier alpha value is -2.32. The summed E-state index contributed by atoms with van der Waals surface area (Å²) >= 11 is 0. The van der Waals surface area contributed by atoms with Gasteiger partial charge in [0.15, 0.2) is 11.5 Å². The van der Waals surface area contributed by atoms with Gasteiger partial charge in [-0.15, -0.1) is 0 Å². The number of carbonyl (C=O) groups excluding carboxylic acids is 2. The summed E-state index contributed by atoms with van der Waals surface area (Å²) in [5.74, 6) is 2.74. The molecule has 0 aromatic heterocycles. The smallest absolute Gasteiger partial charge is 0.254 e. The quantitative estimate of drug-likeness (QED) is 0.358. The molecule has 1 aromatic rings. The first-order chi connectivity index (χ1) is 17.7. The third-order valence-corrected chi connectivity index (χ3v) is 7.23. The van der Waals surface area contributed by atoms with Crippen LogP contribution in [0.5, 0.6) is 11.5 Å². The molecule has 0 spiro atoms. The largest absolute Gasteiger partial charge is 0.493 e. The molecule has 2 amide bonds. The van der Waals surface area contributed by atoms with Crippen LogP contribution in [0.15, 0.2) is 18.2 Å². The number of benzene rings is 1. The molecule has 8 heteroatoms. The monoisotopic (exact) mass is 517 g/mol. The lowest BCUT2D eigenvalue weighted by Crippen LogP contribution is -2.45. The zero-order chi connectivity index (χ0) is 26.9. The van der Waals surface area contributed by atoms with Crippen LogP contribution >= 0.6 is 0 Å². The molecule has 2 atom stereocenters. The third-order valence-electron chi connectivity index (χ3n) is 7.23. The second kappa shape index (κ2) is 14.0. The Morgan fingerprint density at radius 1 is 1.00 bits per heavy atom. The molecule has 1 heterocycles. The Morgan fingerprint density at radius 3 is 2.30 bits per heavy atom. The minimum Gasteiger partial charge on any atom is -0.493 e. The van der Waals surface area contributed by atoms with Gasteiger partial charge in [-0.05, 0) is 62.6 Å². The van der Waals surface area contributed by atoms with Crippen LogP contribution in [0.3, 0.4) is 0 Å². The number of nitrogens with zero attached hydrogens (tertiary/aromatic N) is 2. The lowest BCUT2D eigenvalue weighted by Gasteiger charge is -2.34. The zero-order valence-corrected chi connectivity index (χ0v) is 23.6. The molecule has 1 aromatic carbocycles. The first-order valence-corrected chi connectivity index (χ1v) is 13.8. The number of amides is 2. The highest BCUT2D eigenvalue weighted by atomic mass is 16.5. The van der Waals surface area contributed by atoms with Crippen molar-refractivity contribution in [2.24, 2.45) is 23.7 Å². The van der Waals surface area contributed by atoms with Gasteiger partial charge in [0.1, 0.15) is 0 Å². The SMILES string of the molecule is COCCCOc1cc(C(=O)N(C[C@@H]2CNC[C@@H]2CN(CC(C)C)C(=O)C2CC2)C(C)C)ccc1OC. The molecular formula is C29H47N3O5. The Balaban J connectivity index is 1.70. The molecule has 0 bridgehead atoms. The van der Waals surface area contributed by atoms with E-state index in [1.165, 1.54) is 0 Å². The van der Waals surface area contributed by atoms with Crippen LogP contribution in [0.2, 0.25) is 0 Å². The Bertz CT molecular complexity index is 886. The number of hydrogen-bond acceptors (Lipinski definition) is 6. The number of carbonyl (C=O) groups is 2. The van der Waals surface area contributed by atoms with Gasteiger partial charge < -0.3 is 29.3 Å². The molecule has 8 nitrogen and oxygen atoms in total. The highest BCUT2D eigenvalue weighted by Gasteiger charge is 2.37. The van der Waals surface area contributed by atoms with Crippen LogP contribution < -0.4 is 14.8 Å². The van der Waals surface area contributed by atoms with Crippen molar-refractivity contribution in [3.63, 3.8) is 0 Å². The number of nitrogens with one attached hydrogen (secondary N) is 1. The molecule has 3 rings (SSSR count). The fourth-order valence-corrected chi connectivity index (χ4v) is 5.04. The summed E-state index contributed by atoms with van der Waals surface area (Å²) in [5, 5.41) is 3.52. The molecule has 2 fully saturated rings. The highest BCUT2D eigenvalue weighted by Crippen LogP contribution is 2.33. The van der Waals surface area contributed by atoms with Gasteiger partial charge in [-0.25, -0.2) is 0 Å². The Labute approximate surface area is 223 Å². The average molecular weight is 518 g/mol. The van der Waals surface area contributed by atoms with Gasteiger partial charge in [-0.2, -0.15) is 0 Å². The predicted molar refractivity (Wildman–Crippen MR) is 145 cm³/mol. The number of hydrogen-bond donors (Lipinski definition) is 1. The molecule has 1 saturated heterocycles. The van der Waals surface area contributed by atoms with Crippen molar-refractivity contribution in [1.82, 2.24) is 15.1 Å². The van der Waals surface area contributed by atoms with E-state index >= 15 is 0 Å². The van der Waals surface area contributed by atoms with Crippen LogP contribution in [-0.4, -0.2) is 87.8 Å². The van der Waals surface area contributed by atoms with Gasteiger partial charge in [0, 0.05) is 70.4 Å². The van der Waals surface area contributed by atoms with Crippen molar-refractivity contribution in [1.29, 1.82) is 0 Å². The van der Waals surface area contributed by atoms with Gasteiger partial charge >= 0.3 is 0 Å². The summed E-state index contributed by atoms with van der Waals surface area (Å²) in [5.41, 5.74) is 0.587. The highest BCUT2D eigenvalue weighted by molar-refractivity contribution is 5.95. The first-order valence-electron chi connectivity index (χ1n) is 13.8. The van der Waals surface area contributed by atoms with Gasteiger partial charge in [-0.1, -0.05) is 13.8 Å². The molecule has 1 aliphatic heterocycles. The van der Waals surface area contributed by atoms with E-state index in [0.29, 0.717) is 54.6 Å². The normalized spacial score (nSPS) is 19.4. The summed E-state index contributed by atoms with van der Waals surface area (Å²) < 4.78 is 16.5. The molecule has 1 saturated carbocycles. The van der Waals surface area contributed by atoms with Crippen molar-refractivity contribution < 1.29 is 23.8 Å². The topological polar surface area (TPSA) is 80.3 Å². The summed E-state index contributed by atoms with van der Waals surface area (Å²) in [7, 11) is 3.26. The van der Waals surface area contributed by atoms with E-state index in [4.69, 9.17) is 14.2 Å². The maximum atomic E-state index is 13.7. The Kier molecular flexibility index (Phi) is 11.1. The maximum Gasteiger partial charge on any atom is 0.254 e. The molecule has 2 aliphatic rings. The standard InChI is InChI=1S/C29H47N3O5/c1-20(2)17-31(28(33)22-8-9-22)18-24-15-30-16-25(24)19-32(21(3)4)29(34)23-10-11-26(36-6)27(14-23)37-13-7-12-35-5/h10-11,14,20-22,24-25,30H,7-9,12-13,15-19H2,1-6H3/t24-,25+/m1/s1. The van der Waals surface area contributed by atoms with E-state index in [1.54, 1.807) is 26.4 Å². The molecule has 208 valence electrons. The zero-order valence-electron chi connectivity index (χ0n) is 23.6. The minimum absolute atomic E-state index is 0.0156. The van der Waals surface area contributed by atoms with Crippen molar-refractivity contribution in [2.45, 2.75) is 53.0 Å². The fourth-order valence-electron chi connectivity index (χ4n) is 5.04. The third kappa shape index (κ3) is 8.34. The lowest BCUT2D eigenvalue weighted by atomic mass is 9.93. The molecule has 37 heavy (non-hydrogen) atoms. The van der Waals surface area contributed by atoms with Crippen molar-refractivity contribution in [3.05, 3.63) is 23.8 Å². The van der Waals surface area contributed by atoms with Gasteiger partial charge in [0.2, 0.25) is 5.91 Å². The number of ether oxygens (including phenoxy) is 3. The van der Waals surface area contributed by atoms with E-state index in [9.17, 15) is 9.59 Å². The van der Waals surface area contributed by atoms with Crippen LogP contribution in [-0.2, 0) is 9.53 Å². The second-order valence-corrected chi connectivity index (χ2v) is 11.2. The summed E-state index contributed by atoms with van der Waals surface area (Å²) in [6.07, 6.45) is 2.80. The first kappa shape index (κ1) is 29.2. The van der Waals surface area contributed by atoms with Gasteiger partial charge in [0.05, 0.1) is 13.7 Å². The number of methoxy groups -OCH3 is 2. The molecule has 0 radical (unpaired) electrons. The lowest BCUT2D eigenvalue weighted by molar-refractivity contribution is -0.133. The average Bonchev–Trinajstić information content (AvgIpc) is 3.63. The van der Waals surface area contributed by atoms with E-state index in [1.807, 2.05) is 11.0 Å².